The van der Waals surface area contributed by atoms with Crippen LogP contribution in [0.3, 0.4) is 0 Å². The first-order valence-electron chi connectivity index (χ1n) is 15.6. The Morgan fingerprint density at radius 2 is 1.64 bits per heavy atom. The summed E-state index contributed by atoms with van der Waals surface area (Å²) in [6.07, 6.45) is 3.77. The molecule has 3 fully saturated rings. The molecule has 0 radical (unpaired) electrons. The van der Waals surface area contributed by atoms with Gasteiger partial charge in [-0.05, 0) is 74.9 Å². The lowest BCUT2D eigenvalue weighted by atomic mass is 9.86. The first kappa shape index (κ1) is 30.8. The minimum atomic E-state index is -0.163. The maximum Gasteiger partial charge on any atom is 0.309 e. The van der Waals surface area contributed by atoms with E-state index in [1.54, 1.807) is 6.07 Å². The normalized spacial score (nSPS) is 22.7. The molecule has 2 aromatic carbocycles. The number of para-hydroxylation sites is 1. The number of amides is 1. The Morgan fingerprint density at radius 1 is 0.929 bits per heavy atom. The van der Waals surface area contributed by atoms with E-state index < -0.39 is 0 Å². The quantitative estimate of drug-likeness (QED) is 0.376. The molecule has 0 bridgehead atoms. The van der Waals surface area contributed by atoms with Gasteiger partial charge in [-0.3, -0.25) is 19.4 Å². The molecule has 42 heavy (non-hydrogen) atoms. The van der Waals surface area contributed by atoms with Crippen molar-refractivity contribution in [2.75, 3.05) is 63.9 Å². The van der Waals surface area contributed by atoms with Crippen molar-refractivity contribution in [3.63, 3.8) is 0 Å². The summed E-state index contributed by atoms with van der Waals surface area (Å²) in [6, 6.07) is 15.5. The summed E-state index contributed by atoms with van der Waals surface area (Å²) >= 11 is 6.11. The highest BCUT2D eigenvalue weighted by Gasteiger charge is 2.36. The summed E-state index contributed by atoms with van der Waals surface area (Å²) in [5.41, 5.74) is 1.93. The SMILES string of the molecule is CCOC(=O)C1CCN(C(=O)CC[C@H]2CN(Cc3ccc(Cl)cc3)CC[C@H]2N2CCN(c3ccccc3F)CC2)CC1. The van der Waals surface area contributed by atoms with E-state index in [1.165, 1.54) is 11.6 Å². The maximum atomic E-state index is 14.4. The molecule has 0 spiro atoms. The standard InChI is InChI=1S/C33H44ClFN4O3/c1-2-42-33(41)26-13-17-39(18-14-26)32(40)12-9-27-24-36(23-25-7-10-28(34)11-8-25)16-15-30(27)37-19-21-38(22-20-37)31-6-4-3-5-29(31)35/h3-8,10-11,26-27,30H,2,9,12-24H2,1H3/t27-,30+/m0/s1. The van der Waals surface area contributed by atoms with Crippen molar-refractivity contribution in [3.8, 4) is 0 Å². The van der Waals surface area contributed by atoms with Crippen LogP contribution < -0.4 is 4.90 Å². The molecule has 5 rings (SSSR count). The smallest absolute Gasteiger partial charge is 0.309 e. The van der Waals surface area contributed by atoms with Crippen LogP contribution in [0.25, 0.3) is 0 Å². The van der Waals surface area contributed by atoms with E-state index in [0.717, 1.165) is 63.7 Å². The second kappa shape index (κ2) is 14.7. The van der Waals surface area contributed by atoms with E-state index in [1.807, 2.05) is 36.1 Å². The van der Waals surface area contributed by atoms with E-state index in [9.17, 15) is 14.0 Å². The number of esters is 1. The third-order valence-electron chi connectivity index (χ3n) is 9.27. The van der Waals surface area contributed by atoms with Gasteiger partial charge in [-0.25, -0.2) is 4.39 Å². The molecule has 3 heterocycles. The number of carbonyl (C=O) groups excluding carboxylic acids is 2. The average Bonchev–Trinajstić information content (AvgIpc) is 3.02. The van der Waals surface area contributed by atoms with Gasteiger partial charge in [-0.2, -0.15) is 0 Å². The van der Waals surface area contributed by atoms with E-state index in [-0.39, 0.29) is 23.6 Å². The Kier molecular flexibility index (Phi) is 10.7. The van der Waals surface area contributed by atoms with Crippen LogP contribution in [0, 0.1) is 17.7 Å². The van der Waals surface area contributed by atoms with Crippen molar-refractivity contribution < 1.29 is 18.7 Å². The van der Waals surface area contributed by atoms with Crippen molar-refractivity contribution in [1.29, 1.82) is 0 Å². The van der Waals surface area contributed by atoms with Crippen LogP contribution in [0.4, 0.5) is 10.1 Å². The van der Waals surface area contributed by atoms with Crippen LogP contribution in [0.2, 0.25) is 5.02 Å². The van der Waals surface area contributed by atoms with Crippen molar-refractivity contribution in [2.24, 2.45) is 11.8 Å². The van der Waals surface area contributed by atoms with Crippen molar-refractivity contribution in [2.45, 2.75) is 51.6 Å². The molecule has 7 nitrogen and oxygen atoms in total. The molecule has 3 aliphatic rings. The molecule has 2 atom stereocenters. The van der Waals surface area contributed by atoms with Gasteiger partial charge in [0.1, 0.15) is 5.82 Å². The van der Waals surface area contributed by atoms with Crippen LogP contribution in [-0.2, 0) is 20.9 Å². The zero-order valence-corrected chi connectivity index (χ0v) is 25.5. The molecule has 0 unspecified atom stereocenters. The molecule has 0 aliphatic carbocycles. The molecular formula is C33H44ClFN4O3. The highest BCUT2D eigenvalue weighted by atomic mass is 35.5. The Balaban J connectivity index is 1.19. The number of ether oxygens (including phenoxy) is 1. The zero-order chi connectivity index (χ0) is 29.5. The number of likely N-dealkylation sites (tertiary alicyclic amines) is 2. The van der Waals surface area contributed by atoms with Gasteiger partial charge in [-0.1, -0.05) is 35.9 Å². The Morgan fingerprint density at radius 3 is 2.33 bits per heavy atom. The summed E-state index contributed by atoms with van der Waals surface area (Å²) in [5, 5.41) is 0.745. The number of nitrogens with zero attached hydrogens (tertiary/aromatic N) is 4. The highest BCUT2D eigenvalue weighted by molar-refractivity contribution is 6.30. The number of halogens is 2. The summed E-state index contributed by atoms with van der Waals surface area (Å²) in [7, 11) is 0. The topological polar surface area (TPSA) is 56.3 Å². The molecule has 3 aliphatic heterocycles. The number of piperazine rings is 1. The van der Waals surface area contributed by atoms with E-state index in [0.29, 0.717) is 56.6 Å². The minimum absolute atomic E-state index is 0.0961. The Hall–Kier alpha value is -2.68. The van der Waals surface area contributed by atoms with E-state index in [2.05, 4.69) is 26.8 Å². The van der Waals surface area contributed by atoms with Crippen LogP contribution >= 0.6 is 11.6 Å². The van der Waals surface area contributed by atoms with Crippen LogP contribution in [0.15, 0.2) is 48.5 Å². The second-order valence-corrected chi connectivity index (χ2v) is 12.3. The second-order valence-electron chi connectivity index (χ2n) is 11.9. The summed E-state index contributed by atoms with van der Waals surface area (Å²) in [6.45, 7) is 9.67. The van der Waals surface area contributed by atoms with Crippen molar-refractivity contribution in [3.05, 3.63) is 64.9 Å². The fraction of sp³-hybridized carbons (Fsp3) is 0.576. The number of piperidine rings is 2. The fourth-order valence-corrected chi connectivity index (χ4v) is 7.07. The van der Waals surface area contributed by atoms with Crippen LogP contribution in [0.1, 0.15) is 44.6 Å². The van der Waals surface area contributed by atoms with Gasteiger partial charge in [-0.15, -0.1) is 0 Å². The van der Waals surface area contributed by atoms with Gasteiger partial charge in [0.05, 0.1) is 18.2 Å². The average molecular weight is 599 g/mol. The molecule has 0 saturated carbocycles. The van der Waals surface area contributed by atoms with Gasteiger partial charge in [0.15, 0.2) is 0 Å². The number of carbonyl (C=O) groups is 2. The van der Waals surface area contributed by atoms with Gasteiger partial charge in [0, 0.05) is 69.8 Å². The number of hydrogen-bond acceptors (Lipinski definition) is 6. The first-order chi connectivity index (χ1) is 20.4. The third kappa shape index (κ3) is 7.82. The molecule has 228 valence electrons. The first-order valence-corrected chi connectivity index (χ1v) is 15.9. The highest BCUT2D eigenvalue weighted by Crippen LogP contribution is 2.30. The summed E-state index contributed by atoms with van der Waals surface area (Å²) in [4.78, 5) is 34.6. The lowest BCUT2D eigenvalue weighted by Gasteiger charge is -2.47. The lowest BCUT2D eigenvalue weighted by Crippen LogP contribution is -2.57. The molecule has 2 aromatic rings. The third-order valence-corrected chi connectivity index (χ3v) is 9.52. The number of anilines is 1. The monoisotopic (exact) mass is 598 g/mol. The molecule has 0 N–H and O–H groups in total. The van der Waals surface area contributed by atoms with E-state index >= 15 is 0 Å². The van der Waals surface area contributed by atoms with Crippen LogP contribution in [0.5, 0.6) is 0 Å². The lowest BCUT2D eigenvalue weighted by molar-refractivity contribution is -0.151. The number of hydrogen-bond donors (Lipinski definition) is 0. The van der Waals surface area contributed by atoms with Crippen molar-refractivity contribution >= 4 is 29.2 Å². The number of rotatable bonds is 9. The molecular weight excluding hydrogens is 555 g/mol. The summed E-state index contributed by atoms with van der Waals surface area (Å²) in [5.74, 6) is 0.165. The van der Waals surface area contributed by atoms with Crippen LogP contribution in [-0.4, -0.2) is 91.6 Å². The Bertz CT molecular complexity index is 1180. The Labute approximate surface area is 254 Å². The largest absolute Gasteiger partial charge is 0.466 e. The zero-order valence-electron chi connectivity index (χ0n) is 24.7. The van der Waals surface area contributed by atoms with Gasteiger partial charge in [0.25, 0.3) is 0 Å². The predicted molar refractivity (Wildman–Crippen MR) is 164 cm³/mol. The van der Waals surface area contributed by atoms with Gasteiger partial charge < -0.3 is 14.5 Å². The van der Waals surface area contributed by atoms with Gasteiger partial charge >= 0.3 is 5.97 Å². The number of benzene rings is 2. The molecule has 0 aromatic heterocycles. The maximum absolute atomic E-state index is 14.4. The summed E-state index contributed by atoms with van der Waals surface area (Å²) < 4.78 is 19.6. The fourth-order valence-electron chi connectivity index (χ4n) is 6.95. The molecule has 3 saturated heterocycles. The predicted octanol–water partition coefficient (Wildman–Crippen LogP) is 5.07. The van der Waals surface area contributed by atoms with Gasteiger partial charge in [0.2, 0.25) is 5.91 Å². The molecule has 1 amide bonds. The molecule has 9 heteroatoms. The minimum Gasteiger partial charge on any atom is -0.466 e. The van der Waals surface area contributed by atoms with Crippen molar-refractivity contribution in [1.82, 2.24) is 14.7 Å². The van der Waals surface area contributed by atoms with E-state index in [4.69, 9.17) is 16.3 Å².